The fraction of sp³-hybridized carbons (Fsp3) is 0.333. The van der Waals surface area contributed by atoms with Gasteiger partial charge in [0.2, 0.25) is 0 Å². The van der Waals surface area contributed by atoms with Gasteiger partial charge in [-0.15, -0.1) is 0 Å². The van der Waals surface area contributed by atoms with E-state index in [-0.39, 0.29) is 0 Å². The highest BCUT2D eigenvalue weighted by atomic mass is 14.8. The largest absolute Gasteiger partial charge is 0.237 e. The Balaban J connectivity index is 2.75. The Morgan fingerprint density at radius 1 is 1.20 bits per heavy atom. The second kappa shape index (κ2) is 3.37. The third-order valence-electron chi connectivity index (χ3n) is 1.67. The third kappa shape index (κ3) is 1.58. The second-order valence-corrected chi connectivity index (χ2v) is 2.34. The highest BCUT2D eigenvalue weighted by Gasteiger charge is 1.99. The van der Waals surface area contributed by atoms with Gasteiger partial charge in [-0.1, -0.05) is 30.3 Å². The van der Waals surface area contributed by atoms with Crippen molar-refractivity contribution in [1.82, 2.24) is 5.32 Å². The van der Waals surface area contributed by atoms with Gasteiger partial charge in [-0.2, -0.15) is 0 Å². The molecule has 0 aliphatic heterocycles. The summed E-state index contributed by atoms with van der Waals surface area (Å²) in [6, 6.07) is 10.6. The molecule has 0 amide bonds. The van der Waals surface area contributed by atoms with E-state index in [0.717, 1.165) is 0 Å². The molecular formula is C9H12N. The van der Waals surface area contributed by atoms with Crippen LogP contribution in [-0.2, 0) is 0 Å². The minimum absolute atomic E-state index is 0.334. The van der Waals surface area contributed by atoms with E-state index in [4.69, 9.17) is 0 Å². The monoisotopic (exact) mass is 134 g/mol. The molecule has 0 aromatic heterocycles. The van der Waals surface area contributed by atoms with E-state index in [1.807, 2.05) is 25.2 Å². The minimum atomic E-state index is 0.334. The zero-order valence-electron chi connectivity index (χ0n) is 6.41. The Bertz CT molecular complexity index is 181. The molecule has 1 aromatic carbocycles. The fourth-order valence-corrected chi connectivity index (χ4v) is 0.881. The molecule has 0 aliphatic rings. The summed E-state index contributed by atoms with van der Waals surface area (Å²) < 4.78 is 0. The van der Waals surface area contributed by atoms with Crippen molar-refractivity contribution in [3.63, 3.8) is 0 Å². The van der Waals surface area contributed by atoms with Gasteiger partial charge in [0.25, 0.3) is 0 Å². The molecule has 1 unspecified atom stereocenters. The molecule has 1 rings (SSSR count). The van der Waals surface area contributed by atoms with Crippen LogP contribution in [0.25, 0.3) is 0 Å². The standard InChI is InChI=1S/C9H12N/c1-8(10-2)9-6-4-3-5-7-9/h3-8H,1-2H3. The summed E-state index contributed by atoms with van der Waals surface area (Å²) in [6.45, 7) is 2.09. The van der Waals surface area contributed by atoms with Crippen molar-refractivity contribution in [3.05, 3.63) is 35.9 Å². The van der Waals surface area contributed by atoms with Crippen molar-refractivity contribution in [2.75, 3.05) is 7.05 Å². The van der Waals surface area contributed by atoms with Gasteiger partial charge in [-0.05, 0) is 12.5 Å². The summed E-state index contributed by atoms with van der Waals surface area (Å²) in [5, 5.41) is 4.16. The fourth-order valence-electron chi connectivity index (χ4n) is 0.881. The molecule has 1 aromatic rings. The molecule has 1 heteroatoms. The Labute approximate surface area is 62.1 Å². The molecule has 0 fully saturated rings. The molecule has 0 spiro atoms. The predicted octanol–water partition coefficient (Wildman–Crippen LogP) is 1.98. The quantitative estimate of drug-likeness (QED) is 0.587. The first-order chi connectivity index (χ1) is 4.84. The number of nitrogens with zero attached hydrogens (tertiary/aromatic N) is 1. The van der Waals surface area contributed by atoms with Crippen LogP contribution in [-0.4, -0.2) is 7.05 Å². The lowest BCUT2D eigenvalue weighted by Crippen LogP contribution is -2.03. The van der Waals surface area contributed by atoms with E-state index in [2.05, 4.69) is 24.4 Å². The van der Waals surface area contributed by atoms with Crippen LogP contribution in [0.2, 0.25) is 0 Å². The van der Waals surface area contributed by atoms with Gasteiger partial charge in [-0.25, -0.2) is 5.32 Å². The maximum atomic E-state index is 4.16. The van der Waals surface area contributed by atoms with Crippen LogP contribution in [0.1, 0.15) is 18.5 Å². The lowest BCUT2D eigenvalue weighted by Gasteiger charge is -2.06. The molecule has 0 heterocycles. The number of hydrogen-bond acceptors (Lipinski definition) is 0. The summed E-state index contributed by atoms with van der Waals surface area (Å²) in [5.74, 6) is 0. The van der Waals surface area contributed by atoms with Crippen LogP contribution in [0.5, 0.6) is 0 Å². The number of hydrogen-bond donors (Lipinski definition) is 0. The van der Waals surface area contributed by atoms with Crippen LogP contribution < -0.4 is 5.32 Å². The highest BCUT2D eigenvalue weighted by Crippen LogP contribution is 2.10. The van der Waals surface area contributed by atoms with Gasteiger partial charge in [0.1, 0.15) is 0 Å². The Kier molecular flexibility index (Phi) is 2.46. The van der Waals surface area contributed by atoms with E-state index >= 15 is 0 Å². The molecule has 1 atom stereocenters. The van der Waals surface area contributed by atoms with Gasteiger partial charge in [-0.3, -0.25) is 0 Å². The topological polar surface area (TPSA) is 14.1 Å². The Morgan fingerprint density at radius 3 is 2.30 bits per heavy atom. The van der Waals surface area contributed by atoms with Crippen molar-refractivity contribution in [1.29, 1.82) is 0 Å². The second-order valence-electron chi connectivity index (χ2n) is 2.34. The van der Waals surface area contributed by atoms with Crippen LogP contribution in [0.15, 0.2) is 30.3 Å². The highest BCUT2D eigenvalue weighted by molar-refractivity contribution is 5.17. The normalized spacial score (nSPS) is 13.0. The first kappa shape index (κ1) is 7.29. The molecule has 0 N–H and O–H groups in total. The summed E-state index contributed by atoms with van der Waals surface area (Å²) in [6.07, 6.45) is 0. The Hall–Kier alpha value is -0.820. The maximum Gasteiger partial charge on any atom is 0.0464 e. The first-order valence-electron chi connectivity index (χ1n) is 3.48. The van der Waals surface area contributed by atoms with Crippen molar-refractivity contribution in [2.45, 2.75) is 13.0 Å². The van der Waals surface area contributed by atoms with E-state index < -0.39 is 0 Å². The van der Waals surface area contributed by atoms with E-state index in [1.54, 1.807) is 0 Å². The van der Waals surface area contributed by atoms with Crippen LogP contribution >= 0.6 is 0 Å². The summed E-state index contributed by atoms with van der Waals surface area (Å²) in [7, 11) is 1.84. The molecule has 0 bridgehead atoms. The van der Waals surface area contributed by atoms with Gasteiger partial charge in [0.05, 0.1) is 0 Å². The smallest absolute Gasteiger partial charge is 0.0464 e. The zero-order valence-corrected chi connectivity index (χ0v) is 6.41. The van der Waals surface area contributed by atoms with Crippen molar-refractivity contribution >= 4 is 0 Å². The molecule has 10 heavy (non-hydrogen) atoms. The molecule has 1 nitrogen and oxygen atoms in total. The van der Waals surface area contributed by atoms with Crippen LogP contribution in [0.3, 0.4) is 0 Å². The average molecular weight is 134 g/mol. The third-order valence-corrected chi connectivity index (χ3v) is 1.67. The molecule has 0 aliphatic carbocycles. The van der Waals surface area contributed by atoms with Gasteiger partial charge >= 0.3 is 0 Å². The average Bonchev–Trinajstić information content (AvgIpc) is 2.05. The minimum Gasteiger partial charge on any atom is -0.237 e. The molecule has 1 radical (unpaired) electrons. The summed E-state index contributed by atoms with van der Waals surface area (Å²) in [4.78, 5) is 0. The van der Waals surface area contributed by atoms with Crippen molar-refractivity contribution in [3.8, 4) is 0 Å². The van der Waals surface area contributed by atoms with E-state index in [0.29, 0.717) is 6.04 Å². The van der Waals surface area contributed by atoms with Gasteiger partial charge < -0.3 is 0 Å². The molecule has 0 saturated heterocycles. The van der Waals surface area contributed by atoms with Crippen molar-refractivity contribution < 1.29 is 0 Å². The lowest BCUT2D eigenvalue weighted by atomic mass is 10.1. The molecule has 53 valence electrons. The number of rotatable bonds is 2. The SMILES string of the molecule is C[N]C(C)c1ccccc1. The maximum absolute atomic E-state index is 4.16. The predicted molar refractivity (Wildman–Crippen MR) is 42.9 cm³/mol. The van der Waals surface area contributed by atoms with E-state index in [9.17, 15) is 0 Å². The van der Waals surface area contributed by atoms with Gasteiger partial charge in [0.15, 0.2) is 0 Å². The molecular weight excluding hydrogens is 122 g/mol. The summed E-state index contributed by atoms with van der Waals surface area (Å²) in [5.41, 5.74) is 1.28. The van der Waals surface area contributed by atoms with Crippen molar-refractivity contribution in [2.24, 2.45) is 0 Å². The lowest BCUT2D eigenvalue weighted by molar-refractivity contribution is 0.639. The zero-order chi connectivity index (χ0) is 7.40. The molecule has 0 saturated carbocycles. The summed E-state index contributed by atoms with van der Waals surface area (Å²) >= 11 is 0. The number of benzene rings is 1. The van der Waals surface area contributed by atoms with Crippen LogP contribution in [0, 0.1) is 0 Å². The van der Waals surface area contributed by atoms with Crippen LogP contribution in [0.4, 0.5) is 0 Å². The first-order valence-corrected chi connectivity index (χ1v) is 3.48. The van der Waals surface area contributed by atoms with Gasteiger partial charge in [0, 0.05) is 13.1 Å². The Morgan fingerprint density at radius 2 is 1.80 bits per heavy atom. The van der Waals surface area contributed by atoms with E-state index in [1.165, 1.54) is 5.56 Å².